The summed E-state index contributed by atoms with van der Waals surface area (Å²) in [5.41, 5.74) is 2.27. The highest BCUT2D eigenvalue weighted by Crippen LogP contribution is 2.20. The second-order valence-corrected chi connectivity index (χ2v) is 4.57. The molecule has 1 atom stereocenters. The summed E-state index contributed by atoms with van der Waals surface area (Å²) in [5.74, 6) is -0.946. The molecule has 2 nitrogen and oxygen atoms in total. The topological polar surface area (TPSA) is 29.1 Å². The van der Waals surface area contributed by atoms with Crippen molar-refractivity contribution in [2.45, 2.75) is 13.3 Å². The minimum absolute atomic E-state index is 0.365. The van der Waals surface area contributed by atoms with Crippen LogP contribution in [0.2, 0.25) is 0 Å². The van der Waals surface area contributed by atoms with Gasteiger partial charge in [0.05, 0.1) is 0 Å². The van der Waals surface area contributed by atoms with Gasteiger partial charge in [-0.1, -0.05) is 61.5 Å². The van der Waals surface area contributed by atoms with Crippen LogP contribution in [0.25, 0.3) is 16.8 Å². The van der Waals surface area contributed by atoms with Crippen molar-refractivity contribution in [1.29, 1.82) is 0 Å². The Morgan fingerprint density at radius 2 is 2.00 bits per heavy atom. The van der Waals surface area contributed by atoms with Crippen molar-refractivity contribution in [2.24, 2.45) is 5.92 Å². The summed E-state index contributed by atoms with van der Waals surface area (Å²) in [4.78, 5) is 11.0. The zero-order chi connectivity index (χ0) is 13.7. The first-order valence-corrected chi connectivity index (χ1v) is 6.27. The Balaban J connectivity index is 2.15. The third-order valence-electron chi connectivity index (χ3n) is 3.15. The number of carbonyl (C=O) groups is 1. The predicted molar refractivity (Wildman–Crippen MR) is 76.0 cm³/mol. The van der Waals surface area contributed by atoms with Crippen LogP contribution < -0.4 is 5.54 Å². The zero-order valence-corrected chi connectivity index (χ0v) is 10.8. The molecule has 2 aromatic rings. The van der Waals surface area contributed by atoms with E-state index in [4.69, 9.17) is 0 Å². The summed E-state index contributed by atoms with van der Waals surface area (Å²) >= 11 is 0. The summed E-state index contributed by atoms with van der Waals surface area (Å²) < 4.78 is 12.0. The smallest absolute Gasteiger partial charge is 0.250 e. The summed E-state index contributed by atoms with van der Waals surface area (Å²) in [7, 11) is 0. The van der Waals surface area contributed by atoms with Gasteiger partial charge < -0.3 is 0 Å². The van der Waals surface area contributed by atoms with Gasteiger partial charge >= 0.3 is 0 Å². The normalized spacial score (nSPS) is 12.7. The number of fused-ring (bicyclic) bond motifs is 1. The molecular formula is C16H16FNO. The van der Waals surface area contributed by atoms with Gasteiger partial charge in [0.1, 0.15) is 0 Å². The fourth-order valence-electron chi connectivity index (χ4n) is 2.00. The Bertz CT molecular complexity index is 601. The molecule has 0 unspecified atom stereocenters. The largest absolute Gasteiger partial charge is 0.272 e. The van der Waals surface area contributed by atoms with E-state index in [-0.39, 0.29) is 5.92 Å². The number of benzene rings is 2. The Labute approximate surface area is 111 Å². The maximum Gasteiger partial charge on any atom is 0.250 e. The molecule has 19 heavy (non-hydrogen) atoms. The summed E-state index contributed by atoms with van der Waals surface area (Å²) in [6, 6.07) is 14.2. The monoisotopic (exact) mass is 257 g/mol. The molecule has 0 heterocycles. The lowest BCUT2D eigenvalue weighted by atomic mass is 10.0. The third kappa shape index (κ3) is 3.19. The van der Waals surface area contributed by atoms with Crippen LogP contribution in [-0.2, 0) is 4.79 Å². The quantitative estimate of drug-likeness (QED) is 0.827. The number of hydrogen-bond donors (Lipinski definition) is 1. The van der Waals surface area contributed by atoms with Crippen molar-refractivity contribution >= 4 is 22.8 Å². The van der Waals surface area contributed by atoms with Gasteiger partial charge in [-0.05, 0) is 22.8 Å². The van der Waals surface area contributed by atoms with Crippen LogP contribution >= 0.6 is 0 Å². The zero-order valence-electron chi connectivity index (χ0n) is 10.8. The lowest BCUT2D eigenvalue weighted by Gasteiger charge is -2.04. The molecule has 0 spiro atoms. The standard InChI is InChI=1S/C16H16FNO/c1-12(16(19)18-17)6-4-8-14-10-5-9-13-7-2-3-11-15(13)14/h2-5,7-12H,6H2,1H3,(H,18,19)/b8-4+/t12-/m0/s1. The minimum Gasteiger partial charge on any atom is -0.272 e. The van der Waals surface area contributed by atoms with Gasteiger partial charge in [0.25, 0.3) is 5.91 Å². The van der Waals surface area contributed by atoms with Crippen molar-refractivity contribution < 1.29 is 9.28 Å². The summed E-state index contributed by atoms with van der Waals surface area (Å²) in [6.07, 6.45) is 4.39. The second kappa shape index (κ2) is 6.14. The van der Waals surface area contributed by atoms with E-state index in [1.165, 1.54) is 16.3 Å². The number of carbonyl (C=O) groups excluding carboxylic acids is 1. The Morgan fingerprint density at radius 1 is 1.26 bits per heavy atom. The van der Waals surface area contributed by atoms with E-state index in [2.05, 4.69) is 18.2 Å². The SMILES string of the molecule is C[C@@H](C/C=C/c1cccc2ccccc12)C(=O)NF. The average Bonchev–Trinajstić information content (AvgIpc) is 2.46. The average molecular weight is 257 g/mol. The number of halogens is 1. The molecule has 1 N–H and O–H groups in total. The van der Waals surface area contributed by atoms with Gasteiger partial charge in [-0.3, -0.25) is 4.79 Å². The molecule has 98 valence electrons. The van der Waals surface area contributed by atoms with Crippen molar-refractivity contribution in [3.63, 3.8) is 0 Å². The lowest BCUT2D eigenvalue weighted by molar-refractivity contribution is -0.128. The van der Waals surface area contributed by atoms with E-state index in [9.17, 15) is 9.28 Å². The van der Waals surface area contributed by atoms with E-state index < -0.39 is 5.91 Å². The van der Waals surface area contributed by atoms with E-state index in [1.807, 2.05) is 36.4 Å². The maximum atomic E-state index is 12.0. The van der Waals surface area contributed by atoms with Crippen LogP contribution in [0.4, 0.5) is 4.48 Å². The van der Waals surface area contributed by atoms with Gasteiger partial charge in [-0.2, -0.15) is 5.54 Å². The molecule has 0 radical (unpaired) electrons. The number of rotatable bonds is 4. The molecule has 1 amide bonds. The summed E-state index contributed by atoms with van der Waals surface area (Å²) in [5, 5.41) is 2.35. The van der Waals surface area contributed by atoms with Crippen molar-refractivity contribution in [1.82, 2.24) is 5.54 Å². The fraction of sp³-hybridized carbons (Fsp3) is 0.188. The second-order valence-electron chi connectivity index (χ2n) is 4.57. The van der Waals surface area contributed by atoms with Crippen molar-refractivity contribution in [3.8, 4) is 0 Å². The Morgan fingerprint density at radius 3 is 2.79 bits per heavy atom. The number of allylic oxidation sites excluding steroid dienone is 1. The van der Waals surface area contributed by atoms with E-state index >= 15 is 0 Å². The van der Waals surface area contributed by atoms with E-state index in [0.717, 1.165) is 5.56 Å². The van der Waals surface area contributed by atoms with Crippen LogP contribution in [-0.4, -0.2) is 5.91 Å². The van der Waals surface area contributed by atoms with Gasteiger partial charge in [-0.25, -0.2) is 0 Å². The number of amides is 1. The van der Waals surface area contributed by atoms with Crippen LogP contribution in [0.1, 0.15) is 18.9 Å². The van der Waals surface area contributed by atoms with Crippen LogP contribution in [0.5, 0.6) is 0 Å². The highest BCUT2D eigenvalue weighted by molar-refractivity contribution is 5.90. The molecule has 2 aromatic carbocycles. The molecular weight excluding hydrogens is 241 g/mol. The van der Waals surface area contributed by atoms with Crippen LogP contribution in [0, 0.1) is 5.92 Å². The third-order valence-corrected chi connectivity index (χ3v) is 3.15. The molecule has 0 saturated heterocycles. The molecule has 2 rings (SSSR count). The summed E-state index contributed by atoms with van der Waals surface area (Å²) in [6.45, 7) is 1.70. The van der Waals surface area contributed by atoms with E-state index in [0.29, 0.717) is 6.42 Å². The molecule has 3 heteroatoms. The van der Waals surface area contributed by atoms with Crippen LogP contribution in [0.15, 0.2) is 48.5 Å². The first kappa shape index (κ1) is 13.3. The Kier molecular flexibility index (Phi) is 4.29. The number of hydrogen-bond acceptors (Lipinski definition) is 1. The predicted octanol–water partition coefficient (Wildman–Crippen LogP) is 3.88. The van der Waals surface area contributed by atoms with Gasteiger partial charge in [0, 0.05) is 5.92 Å². The Hall–Kier alpha value is -2.16. The molecule has 0 aliphatic carbocycles. The molecule has 0 saturated carbocycles. The molecule has 0 aliphatic rings. The van der Waals surface area contributed by atoms with Crippen molar-refractivity contribution in [3.05, 3.63) is 54.1 Å². The van der Waals surface area contributed by atoms with Gasteiger partial charge in [0.15, 0.2) is 0 Å². The molecule has 0 aliphatic heterocycles. The van der Waals surface area contributed by atoms with Crippen LogP contribution in [0.3, 0.4) is 0 Å². The molecule has 0 fully saturated rings. The minimum atomic E-state index is -0.581. The van der Waals surface area contributed by atoms with Gasteiger partial charge in [0.2, 0.25) is 0 Å². The maximum absolute atomic E-state index is 12.0. The highest BCUT2D eigenvalue weighted by Gasteiger charge is 2.09. The van der Waals surface area contributed by atoms with Gasteiger partial charge in [-0.15, -0.1) is 4.48 Å². The lowest BCUT2D eigenvalue weighted by Crippen LogP contribution is -2.21. The van der Waals surface area contributed by atoms with E-state index in [1.54, 1.807) is 6.92 Å². The first-order chi connectivity index (χ1) is 9.22. The fourth-order valence-corrected chi connectivity index (χ4v) is 2.00. The molecule has 0 bridgehead atoms. The van der Waals surface area contributed by atoms with Crippen molar-refractivity contribution in [2.75, 3.05) is 0 Å². The number of nitrogens with one attached hydrogen (secondary N) is 1. The highest BCUT2D eigenvalue weighted by atomic mass is 19.2. The molecule has 0 aromatic heterocycles. The first-order valence-electron chi connectivity index (χ1n) is 6.27.